The first-order valence-corrected chi connectivity index (χ1v) is 16.7. The van der Waals surface area contributed by atoms with E-state index in [0.717, 1.165) is 0 Å². The van der Waals surface area contributed by atoms with Gasteiger partial charge in [-0.3, -0.25) is 12.2 Å². The topological polar surface area (TPSA) is 0 Å². The fraction of sp³-hybridized carbons (Fsp3) is 0.286. The Bertz CT molecular complexity index is 894. The van der Waals surface area contributed by atoms with Crippen molar-refractivity contribution in [1.29, 1.82) is 0 Å². The molecular formula is C28H32Cl2SiZr-2. The van der Waals surface area contributed by atoms with E-state index in [1.807, 2.05) is 12.1 Å². The summed E-state index contributed by atoms with van der Waals surface area (Å²) in [5, 5.41) is 0. The van der Waals surface area contributed by atoms with Gasteiger partial charge in [0.25, 0.3) is 0 Å². The molecule has 4 heteroatoms. The number of hydrogen-bond donors (Lipinski definition) is 0. The van der Waals surface area contributed by atoms with E-state index in [0.29, 0.717) is 11.8 Å². The van der Waals surface area contributed by atoms with Crippen LogP contribution in [-0.4, -0.2) is 5.43 Å². The van der Waals surface area contributed by atoms with E-state index in [9.17, 15) is 0 Å². The summed E-state index contributed by atoms with van der Waals surface area (Å²) in [6.45, 7) is 13.2. The average Bonchev–Trinajstić information content (AvgIpc) is 3.23. The van der Waals surface area contributed by atoms with Crippen molar-refractivity contribution in [3.63, 3.8) is 0 Å². The van der Waals surface area contributed by atoms with Gasteiger partial charge in [-0.1, -0.05) is 100 Å². The van der Waals surface area contributed by atoms with Crippen LogP contribution in [0.15, 0.2) is 84.0 Å². The first-order chi connectivity index (χ1) is 14.3. The van der Waals surface area contributed by atoms with E-state index in [2.05, 4.69) is 114 Å². The summed E-state index contributed by atoms with van der Waals surface area (Å²) in [5.74, 6) is 0.936. The minimum Gasteiger partial charge on any atom is -1.00 e. The molecule has 2 aromatic carbocycles. The molecule has 0 N–H and O–H groups in total. The van der Waals surface area contributed by atoms with E-state index < -0.39 is 0 Å². The maximum atomic E-state index is 3.39. The van der Waals surface area contributed by atoms with E-state index in [4.69, 9.17) is 0 Å². The van der Waals surface area contributed by atoms with Crippen LogP contribution >= 0.6 is 0 Å². The van der Waals surface area contributed by atoms with Gasteiger partial charge >= 0.3 is 41.9 Å². The van der Waals surface area contributed by atoms with Crippen molar-refractivity contribution in [2.24, 2.45) is 11.8 Å². The Labute approximate surface area is 223 Å². The molecule has 2 aliphatic carbocycles. The fourth-order valence-corrected chi connectivity index (χ4v) is 3.53. The summed E-state index contributed by atoms with van der Waals surface area (Å²) in [7, 11) is 0. The van der Waals surface area contributed by atoms with E-state index in [-0.39, 0.29) is 30.2 Å². The van der Waals surface area contributed by atoms with Crippen LogP contribution in [-0.2, 0) is 23.3 Å². The molecule has 168 valence electrons. The summed E-state index contributed by atoms with van der Waals surface area (Å²) < 4.78 is 0. The molecule has 2 atom stereocenters. The summed E-state index contributed by atoms with van der Waals surface area (Å²) in [5.41, 5.74) is 8.05. The molecule has 4 rings (SSSR count). The monoisotopic (exact) mass is 556 g/mol. The minimum atomic E-state index is 0. The molecule has 0 radical (unpaired) electrons. The Morgan fingerprint density at radius 2 is 0.938 bits per heavy atom. The van der Waals surface area contributed by atoms with Crippen molar-refractivity contribution in [2.75, 3.05) is 0 Å². The molecule has 0 aromatic heterocycles. The Morgan fingerprint density at radius 1 is 0.656 bits per heavy atom. The van der Waals surface area contributed by atoms with Gasteiger partial charge in [-0.2, -0.15) is 23.3 Å². The first-order valence-electron chi connectivity index (χ1n) is 10.5. The number of benzene rings is 2. The summed E-state index contributed by atoms with van der Waals surface area (Å²) in [6, 6.07) is 21.0. The zero-order chi connectivity index (χ0) is 22.1. The van der Waals surface area contributed by atoms with Crippen LogP contribution in [0.25, 0.3) is 11.1 Å². The molecule has 2 aromatic rings. The van der Waals surface area contributed by atoms with E-state index >= 15 is 0 Å². The van der Waals surface area contributed by atoms with Crippen LogP contribution in [0.2, 0.25) is 13.1 Å². The first kappa shape index (κ1) is 31.1. The van der Waals surface area contributed by atoms with Crippen LogP contribution < -0.4 is 24.8 Å². The van der Waals surface area contributed by atoms with Crippen molar-refractivity contribution in [1.82, 2.24) is 0 Å². The van der Waals surface area contributed by atoms with Crippen molar-refractivity contribution < 1.29 is 48.1 Å². The number of hydrogen-bond acceptors (Lipinski definition) is 0. The van der Waals surface area contributed by atoms with Gasteiger partial charge in [0.05, 0.1) is 0 Å². The third-order valence-electron chi connectivity index (χ3n) is 4.70. The minimum absolute atomic E-state index is 0. The smallest absolute Gasteiger partial charge is 1.00 e. The van der Waals surface area contributed by atoms with Crippen molar-refractivity contribution >= 4 is 16.6 Å². The van der Waals surface area contributed by atoms with Gasteiger partial charge in [-0.15, -0.1) is 11.1 Å². The van der Waals surface area contributed by atoms with Gasteiger partial charge in [-0.25, -0.2) is 11.1 Å². The average molecular weight is 559 g/mol. The number of allylic oxidation sites excluding steroid dienone is 8. The summed E-state index contributed by atoms with van der Waals surface area (Å²) in [6.07, 6.45) is 11.3. The molecule has 2 aliphatic rings. The molecule has 0 fully saturated rings. The predicted molar refractivity (Wildman–Crippen MR) is 130 cm³/mol. The maximum absolute atomic E-state index is 3.39. The third kappa shape index (κ3) is 10.3. The van der Waals surface area contributed by atoms with Gasteiger partial charge in [0.15, 0.2) is 0 Å². The second-order valence-electron chi connectivity index (χ2n) is 8.01. The number of halogens is 2. The van der Waals surface area contributed by atoms with Crippen molar-refractivity contribution in [3.8, 4) is 0 Å². The van der Waals surface area contributed by atoms with Gasteiger partial charge in [0.1, 0.15) is 0 Å². The fourth-order valence-electron chi connectivity index (χ4n) is 3.53. The molecule has 0 heterocycles. The predicted octanol–water partition coefficient (Wildman–Crippen LogP) is 1.73. The van der Waals surface area contributed by atoms with Crippen LogP contribution in [0, 0.1) is 24.0 Å². The van der Waals surface area contributed by atoms with Gasteiger partial charge < -0.3 is 24.8 Å². The molecule has 0 aliphatic heterocycles. The Morgan fingerprint density at radius 3 is 1.16 bits per heavy atom. The summed E-state index contributed by atoms with van der Waals surface area (Å²) >= 11 is 1.74. The molecule has 0 saturated carbocycles. The molecule has 0 amide bonds. The van der Waals surface area contributed by atoms with Crippen LogP contribution in [0.5, 0.6) is 0 Å². The largest absolute Gasteiger partial charge is 1.00 e. The zero-order valence-electron chi connectivity index (χ0n) is 19.8. The second kappa shape index (κ2) is 15.8. The molecule has 0 spiro atoms. The second-order valence-corrected chi connectivity index (χ2v) is 17.4. The van der Waals surface area contributed by atoms with Crippen LogP contribution in [0.1, 0.15) is 38.8 Å². The molecule has 0 saturated heterocycles. The van der Waals surface area contributed by atoms with Gasteiger partial charge in [0, 0.05) is 0 Å². The summed E-state index contributed by atoms with van der Waals surface area (Å²) in [4.78, 5) is 0. The van der Waals surface area contributed by atoms with Crippen molar-refractivity contribution in [2.45, 2.75) is 40.8 Å². The zero-order valence-corrected chi connectivity index (χ0v) is 24.8. The third-order valence-corrected chi connectivity index (χ3v) is 4.70. The normalized spacial score (nSPS) is 18.1. The molecule has 0 nitrogen and oxygen atoms in total. The Hall–Kier alpha value is -0.920. The van der Waals surface area contributed by atoms with Crippen LogP contribution in [0.3, 0.4) is 0 Å². The van der Waals surface area contributed by atoms with E-state index in [1.54, 1.807) is 23.3 Å². The molecule has 2 unspecified atom stereocenters. The maximum Gasteiger partial charge on any atom is -1.00 e. The molecule has 0 bridgehead atoms. The van der Waals surface area contributed by atoms with Crippen LogP contribution in [0.4, 0.5) is 0 Å². The Kier molecular flexibility index (Phi) is 15.4. The van der Waals surface area contributed by atoms with Crippen molar-refractivity contribution in [3.05, 3.63) is 107 Å². The quantitative estimate of drug-likeness (QED) is 0.389. The number of rotatable bonds is 2. The van der Waals surface area contributed by atoms with E-state index in [1.165, 1.54) is 33.4 Å². The standard InChI is InChI=1S/2C13H13.C2H6Si.2ClH.Zr/c2*1-10-8-11(2)13(9-10)12-6-4-3-5-7-12;1-3-2;;;/h2*3-7,9-10H,1-2H3;1-2H3;2*1H;/q2*-1;;;;+2/p-2. The Balaban J connectivity index is 0.000000490. The van der Waals surface area contributed by atoms with Gasteiger partial charge in [0.2, 0.25) is 0 Å². The molecular weight excluding hydrogens is 527 g/mol. The van der Waals surface area contributed by atoms with Gasteiger partial charge in [-0.05, 0) is 0 Å². The SMILES string of the molecule is CC1=[C-]C(C)C=C1c1ccccc1.CC1=[C-]C(C)C=C1c1ccccc1.C[Si](C)=[Zr+2].[Cl-].[Cl-]. The molecule has 32 heavy (non-hydrogen) atoms.